The van der Waals surface area contributed by atoms with E-state index in [-0.39, 0.29) is 18.0 Å². The van der Waals surface area contributed by atoms with Crippen LogP contribution in [0.3, 0.4) is 0 Å². The second kappa shape index (κ2) is 7.02. The van der Waals surface area contributed by atoms with E-state index in [2.05, 4.69) is 15.3 Å². The standard InChI is InChI=1S/C16H17ClN6O2/c1-3-21(4-2)13(24)9-22-10-18-15-14(16(22)25)19-20-23(15)12-7-5-11(17)6-8-12/h5-8,10H,3-4,9H2,1-2H3. The number of hydrogen-bond donors (Lipinski definition) is 0. The highest BCUT2D eigenvalue weighted by Crippen LogP contribution is 2.15. The lowest BCUT2D eigenvalue weighted by molar-refractivity contribution is -0.131. The van der Waals surface area contributed by atoms with Crippen LogP contribution in [0.15, 0.2) is 35.4 Å². The van der Waals surface area contributed by atoms with Crippen molar-refractivity contribution >= 4 is 28.7 Å². The third-order valence-electron chi connectivity index (χ3n) is 3.92. The van der Waals surface area contributed by atoms with Crippen molar-refractivity contribution in [2.75, 3.05) is 13.1 Å². The van der Waals surface area contributed by atoms with Crippen molar-refractivity contribution in [3.63, 3.8) is 0 Å². The third-order valence-corrected chi connectivity index (χ3v) is 4.17. The fraction of sp³-hybridized carbons (Fsp3) is 0.312. The number of likely N-dealkylation sites (N-methyl/N-ethyl adjacent to an activating group) is 1. The van der Waals surface area contributed by atoms with Crippen molar-refractivity contribution in [2.45, 2.75) is 20.4 Å². The molecule has 130 valence electrons. The number of carbonyl (C=O) groups excluding carboxylic acids is 1. The van der Waals surface area contributed by atoms with Gasteiger partial charge in [0.1, 0.15) is 12.9 Å². The molecule has 0 saturated carbocycles. The van der Waals surface area contributed by atoms with Crippen LogP contribution in [0.5, 0.6) is 0 Å². The molecule has 0 aliphatic heterocycles. The Morgan fingerprint density at radius 1 is 1.20 bits per heavy atom. The van der Waals surface area contributed by atoms with E-state index in [9.17, 15) is 9.59 Å². The maximum atomic E-state index is 12.6. The van der Waals surface area contributed by atoms with Gasteiger partial charge in [0.05, 0.1) is 5.69 Å². The molecule has 25 heavy (non-hydrogen) atoms. The number of hydrogen-bond acceptors (Lipinski definition) is 5. The van der Waals surface area contributed by atoms with Crippen LogP contribution < -0.4 is 5.56 Å². The van der Waals surface area contributed by atoms with Crippen LogP contribution in [0.4, 0.5) is 0 Å². The quantitative estimate of drug-likeness (QED) is 0.688. The Balaban J connectivity index is 1.98. The van der Waals surface area contributed by atoms with Crippen molar-refractivity contribution < 1.29 is 4.79 Å². The van der Waals surface area contributed by atoms with Gasteiger partial charge in [-0.15, -0.1) is 5.10 Å². The lowest BCUT2D eigenvalue weighted by atomic mass is 10.3. The minimum atomic E-state index is -0.397. The van der Waals surface area contributed by atoms with Gasteiger partial charge < -0.3 is 4.90 Å². The monoisotopic (exact) mass is 360 g/mol. The summed E-state index contributed by atoms with van der Waals surface area (Å²) in [6.45, 7) is 4.89. The summed E-state index contributed by atoms with van der Waals surface area (Å²) >= 11 is 5.88. The van der Waals surface area contributed by atoms with Crippen LogP contribution in [-0.2, 0) is 11.3 Å². The number of benzene rings is 1. The number of aromatic nitrogens is 5. The fourth-order valence-corrected chi connectivity index (χ4v) is 2.66. The van der Waals surface area contributed by atoms with Gasteiger partial charge in [0.15, 0.2) is 11.2 Å². The maximum Gasteiger partial charge on any atom is 0.284 e. The first kappa shape index (κ1) is 17.1. The zero-order valence-corrected chi connectivity index (χ0v) is 14.6. The van der Waals surface area contributed by atoms with Crippen LogP contribution in [-0.4, -0.2) is 48.4 Å². The predicted octanol–water partition coefficient (Wildman–Crippen LogP) is 1.50. The number of rotatable bonds is 5. The van der Waals surface area contributed by atoms with Gasteiger partial charge in [-0.2, -0.15) is 4.68 Å². The summed E-state index contributed by atoms with van der Waals surface area (Å²) < 4.78 is 2.72. The van der Waals surface area contributed by atoms with Gasteiger partial charge in [0.25, 0.3) is 5.56 Å². The Morgan fingerprint density at radius 3 is 2.52 bits per heavy atom. The number of halogens is 1. The molecule has 0 fully saturated rings. The van der Waals surface area contributed by atoms with Crippen LogP contribution in [0.1, 0.15) is 13.8 Å². The molecule has 0 saturated heterocycles. The molecule has 0 atom stereocenters. The number of fused-ring (bicyclic) bond motifs is 1. The number of nitrogens with zero attached hydrogens (tertiary/aromatic N) is 6. The number of carbonyl (C=O) groups is 1. The first-order valence-electron chi connectivity index (χ1n) is 7.89. The molecule has 2 aromatic heterocycles. The SMILES string of the molecule is CCN(CC)C(=O)Cn1cnc2c(nnn2-c2ccc(Cl)cc2)c1=O. The van der Waals surface area contributed by atoms with Crippen molar-refractivity contribution in [3.8, 4) is 5.69 Å². The Labute approximate surface area is 148 Å². The van der Waals surface area contributed by atoms with Crippen molar-refractivity contribution in [2.24, 2.45) is 0 Å². The highest BCUT2D eigenvalue weighted by Gasteiger charge is 2.16. The minimum absolute atomic E-state index is 0.0722. The van der Waals surface area contributed by atoms with Gasteiger partial charge in [0.2, 0.25) is 5.91 Å². The molecule has 1 aromatic carbocycles. The Bertz CT molecular complexity index is 959. The van der Waals surface area contributed by atoms with Crippen LogP contribution >= 0.6 is 11.6 Å². The molecule has 0 N–H and O–H groups in total. The zero-order chi connectivity index (χ0) is 18.0. The first-order chi connectivity index (χ1) is 12.0. The normalized spacial score (nSPS) is 11.0. The molecule has 9 heteroatoms. The summed E-state index contributed by atoms with van der Waals surface area (Å²) in [6.07, 6.45) is 1.35. The van der Waals surface area contributed by atoms with E-state index in [4.69, 9.17) is 11.6 Å². The molecule has 0 spiro atoms. The summed E-state index contributed by atoms with van der Waals surface area (Å²) in [5.74, 6) is -0.140. The first-order valence-corrected chi connectivity index (χ1v) is 8.27. The van der Waals surface area contributed by atoms with E-state index >= 15 is 0 Å². The second-order valence-electron chi connectivity index (χ2n) is 5.39. The molecule has 0 radical (unpaired) electrons. The lowest BCUT2D eigenvalue weighted by Crippen LogP contribution is -2.36. The van der Waals surface area contributed by atoms with E-state index in [1.165, 1.54) is 15.6 Å². The zero-order valence-electron chi connectivity index (χ0n) is 13.9. The molecule has 2 heterocycles. The van der Waals surface area contributed by atoms with Crippen LogP contribution in [0.25, 0.3) is 16.9 Å². The van der Waals surface area contributed by atoms with Crippen LogP contribution in [0, 0.1) is 0 Å². The van der Waals surface area contributed by atoms with Gasteiger partial charge in [-0.1, -0.05) is 16.8 Å². The Morgan fingerprint density at radius 2 is 1.88 bits per heavy atom. The Hall–Kier alpha value is -2.74. The molecule has 0 bridgehead atoms. The molecule has 1 amide bonds. The predicted molar refractivity (Wildman–Crippen MR) is 93.9 cm³/mol. The summed E-state index contributed by atoms with van der Waals surface area (Å²) in [4.78, 5) is 30.7. The van der Waals surface area contributed by atoms with E-state index in [1.807, 2.05) is 13.8 Å². The third kappa shape index (κ3) is 3.25. The van der Waals surface area contributed by atoms with Gasteiger partial charge in [-0.3, -0.25) is 14.2 Å². The largest absolute Gasteiger partial charge is 0.342 e. The van der Waals surface area contributed by atoms with E-state index in [1.54, 1.807) is 29.2 Å². The fourth-order valence-electron chi connectivity index (χ4n) is 2.53. The lowest BCUT2D eigenvalue weighted by Gasteiger charge is -2.18. The number of amides is 1. The molecule has 3 aromatic rings. The van der Waals surface area contributed by atoms with Gasteiger partial charge >= 0.3 is 0 Å². The highest BCUT2D eigenvalue weighted by molar-refractivity contribution is 6.30. The second-order valence-corrected chi connectivity index (χ2v) is 5.83. The summed E-state index contributed by atoms with van der Waals surface area (Å²) in [5.41, 5.74) is 0.741. The van der Waals surface area contributed by atoms with Crippen molar-refractivity contribution in [1.29, 1.82) is 0 Å². The van der Waals surface area contributed by atoms with E-state index in [0.29, 0.717) is 29.4 Å². The van der Waals surface area contributed by atoms with Crippen molar-refractivity contribution in [3.05, 3.63) is 46.0 Å². The molecular formula is C16H17ClN6O2. The maximum absolute atomic E-state index is 12.6. The average Bonchev–Trinajstić information content (AvgIpc) is 3.04. The molecule has 0 aliphatic carbocycles. The molecule has 0 unspecified atom stereocenters. The molecule has 8 nitrogen and oxygen atoms in total. The average molecular weight is 361 g/mol. The topological polar surface area (TPSA) is 85.9 Å². The molecular weight excluding hydrogens is 344 g/mol. The van der Waals surface area contributed by atoms with Gasteiger partial charge in [-0.25, -0.2) is 4.98 Å². The van der Waals surface area contributed by atoms with Crippen LogP contribution in [0.2, 0.25) is 5.02 Å². The minimum Gasteiger partial charge on any atom is -0.342 e. The molecule has 3 rings (SSSR count). The highest BCUT2D eigenvalue weighted by atomic mass is 35.5. The summed E-state index contributed by atoms with van der Waals surface area (Å²) in [7, 11) is 0. The Kier molecular flexibility index (Phi) is 4.80. The van der Waals surface area contributed by atoms with Crippen molar-refractivity contribution in [1.82, 2.24) is 29.4 Å². The molecule has 0 aliphatic rings. The summed E-state index contributed by atoms with van der Waals surface area (Å²) in [5, 5.41) is 8.52. The van der Waals surface area contributed by atoms with E-state index in [0.717, 1.165) is 0 Å². The summed E-state index contributed by atoms with van der Waals surface area (Å²) in [6, 6.07) is 6.95. The smallest absolute Gasteiger partial charge is 0.284 e. The van der Waals surface area contributed by atoms with Gasteiger partial charge in [0, 0.05) is 18.1 Å². The van der Waals surface area contributed by atoms with Gasteiger partial charge in [-0.05, 0) is 38.1 Å². The van der Waals surface area contributed by atoms with E-state index < -0.39 is 5.56 Å².